The van der Waals surface area contributed by atoms with Crippen LogP contribution in [0.4, 0.5) is 0 Å². The molecule has 0 aromatic heterocycles. The van der Waals surface area contributed by atoms with Crippen LogP contribution in [-0.2, 0) is 19.0 Å². The van der Waals surface area contributed by atoms with Gasteiger partial charge in [0.1, 0.15) is 12.4 Å². The van der Waals surface area contributed by atoms with E-state index in [0.717, 1.165) is 11.1 Å². The minimum absolute atomic E-state index is 0.0892. The van der Waals surface area contributed by atoms with Crippen LogP contribution < -0.4 is 0 Å². The second-order valence-corrected chi connectivity index (χ2v) is 7.08. The predicted molar refractivity (Wildman–Crippen MR) is 107 cm³/mol. The molecule has 27 heavy (non-hydrogen) atoms. The number of hydrogen-bond donors (Lipinski definition) is 0. The Bertz CT molecular complexity index is 732. The van der Waals surface area contributed by atoms with Crippen molar-refractivity contribution in [2.75, 3.05) is 33.9 Å². The predicted octanol–water partition coefficient (Wildman–Crippen LogP) is 3.79. The Morgan fingerprint density at radius 3 is 2.59 bits per heavy atom. The molecular weight excluding hydrogens is 342 g/mol. The zero-order valence-corrected chi connectivity index (χ0v) is 16.8. The lowest BCUT2D eigenvalue weighted by atomic mass is 10.1. The lowest BCUT2D eigenvalue weighted by Crippen LogP contribution is -2.29. The molecule has 5 heteroatoms. The minimum Gasteiger partial charge on any atom is -0.465 e. The quantitative estimate of drug-likeness (QED) is 0.684. The summed E-state index contributed by atoms with van der Waals surface area (Å²) in [6.45, 7) is 6.94. The third-order valence-electron chi connectivity index (χ3n) is 4.02. The van der Waals surface area contributed by atoms with Gasteiger partial charge in [-0.1, -0.05) is 42.0 Å². The second kappa shape index (κ2) is 9.53. The number of rotatable bonds is 7. The number of hydrogen-bond acceptors (Lipinski definition) is 4. The van der Waals surface area contributed by atoms with E-state index in [1.54, 1.807) is 31.2 Å². The van der Waals surface area contributed by atoms with Crippen LogP contribution in [-0.4, -0.2) is 50.5 Å². The van der Waals surface area contributed by atoms with Crippen LogP contribution in [0.3, 0.4) is 0 Å². The molecule has 1 heterocycles. The van der Waals surface area contributed by atoms with Crippen molar-refractivity contribution < 1.29 is 19.0 Å². The van der Waals surface area contributed by atoms with Gasteiger partial charge in [0.25, 0.3) is 5.91 Å². The van der Waals surface area contributed by atoms with E-state index in [9.17, 15) is 4.79 Å². The van der Waals surface area contributed by atoms with Crippen molar-refractivity contribution in [3.63, 3.8) is 0 Å². The van der Waals surface area contributed by atoms with E-state index in [0.29, 0.717) is 31.1 Å². The lowest BCUT2D eigenvalue weighted by molar-refractivity contribution is -0.125. The van der Waals surface area contributed by atoms with Crippen molar-refractivity contribution in [2.24, 2.45) is 0 Å². The first-order valence-corrected chi connectivity index (χ1v) is 9.01. The van der Waals surface area contributed by atoms with Gasteiger partial charge in [-0.2, -0.15) is 0 Å². The molecule has 1 aliphatic rings. The molecule has 5 nitrogen and oxygen atoms in total. The van der Waals surface area contributed by atoms with Crippen LogP contribution in [0.25, 0.3) is 6.08 Å². The van der Waals surface area contributed by atoms with Crippen molar-refractivity contribution in [1.29, 1.82) is 0 Å². The molecule has 1 aromatic rings. The fourth-order valence-electron chi connectivity index (χ4n) is 2.79. The summed E-state index contributed by atoms with van der Waals surface area (Å²) in [6.07, 6.45) is 5.58. The molecule has 0 radical (unpaired) electrons. The van der Waals surface area contributed by atoms with Gasteiger partial charge in [-0.05, 0) is 24.6 Å². The number of amides is 1. The topological polar surface area (TPSA) is 48.0 Å². The number of benzene rings is 1. The molecule has 0 bridgehead atoms. The number of carbonyl (C=O) groups is 1. The van der Waals surface area contributed by atoms with E-state index in [4.69, 9.17) is 14.2 Å². The summed E-state index contributed by atoms with van der Waals surface area (Å²) in [5, 5.41) is 0. The largest absolute Gasteiger partial charge is 0.465 e. The van der Waals surface area contributed by atoms with Crippen molar-refractivity contribution in [3.05, 3.63) is 65.0 Å². The van der Waals surface area contributed by atoms with Crippen LogP contribution >= 0.6 is 0 Å². The molecule has 0 saturated carbocycles. The molecule has 0 atom stereocenters. The Labute approximate surface area is 161 Å². The summed E-state index contributed by atoms with van der Waals surface area (Å²) in [7, 11) is 3.39. The monoisotopic (exact) mass is 371 g/mol. The van der Waals surface area contributed by atoms with Gasteiger partial charge < -0.3 is 19.1 Å². The maximum Gasteiger partial charge on any atom is 0.253 e. The molecule has 0 spiro atoms. The first-order chi connectivity index (χ1) is 12.8. The fraction of sp³-hybridized carbons (Fsp3) is 0.409. The third kappa shape index (κ3) is 6.70. The van der Waals surface area contributed by atoms with Gasteiger partial charge in [0.05, 0.1) is 6.61 Å². The first kappa shape index (κ1) is 20.9. The van der Waals surface area contributed by atoms with E-state index in [2.05, 4.69) is 6.08 Å². The third-order valence-corrected chi connectivity index (χ3v) is 4.02. The molecule has 1 aliphatic heterocycles. The highest BCUT2D eigenvalue weighted by molar-refractivity contribution is 5.96. The van der Waals surface area contributed by atoms with Gasteiger partial charge in [-0.25, -0.2) is 0 Å². The molecule has 146 valence electrons. The van der Waals surface area contributed by atoms with E-state index >= 15 is 0 Å². The summed E-state index contributed by atoms with van der Waals surface area (Å²) in [5.41, 5.74) is 2.74. The molecule has 1 aromatic carbocycles. The summed E-state index contributed by atoms with van der Waals surface area (Å²) < 4.78 is 16.4. The Balaban J connectivity index is 2.10. The average molecular weight is 371 g/mol. The minimum atomic E-state index is -0.665. The SMILES string of the molecule is COC/C=C(\C=C1/COC(C)(C)O1)C(=O)N(C)C/C(C)=C/c1ccccc1. The number of methoxy groups -OCH3 is 1. The van der Waals surface area contributed by atoms with Gasteiger partial charge in [-0.3, -0.25) is 4.79 Å². The highest BCUT2D eigenvalue weighted by Gasteiger charge is 2.29. The molecule has 0 aliphatic carbocycles. The number of nitrogens with zero attached hydrogens (tertiary/aromatic N) is 1. The zero-order chi connectivity index (χ0) is 19.9. The van der Waals surface area contributed by atoms with E-state index in [1.807, 2.05) is 51.1 Å². The normalized spacial score (nSPS) is 18.5. The Kier molecular flexibility index (Phi) is 7.39. The Morgan fingerprint density at radius 2 is 2.00 bits per heavy atom. The standard InChI is InChI=1S/C22H29NO4/c1-17(13-18-9-7-6-8-10-18)15-23(4)21(24)19(11-12-25-5)14-20-16-26-22(2,3)27-20/h6-11,13-14H,12,15-16H2,1-5H3/b17-13+,19-11+,20-14+. The van der Waals surface area contributed by atoms with Gasteiger partial charge in [-0.15, -0.1) is 0 Å². The first-order valence-electron chi connectivity index (χ1n) is 9.01. The van der Waals surface area contributed by atoms with Gasteiger partial charge in [0, 0.05) is 40.1 Å². The summed E-state index contributed by atoms with van der Waals surface area (Å²) >= 11 is 0. The highest BCUT2D eigenvalue weighted by Crippen LogP contribution is 2.26. The van der Waals surface area contributed by atoms with Gasteiger partial charge in [0.15, 0.2) is 0 Å². The number of likely N-dealkylation sites (N-methyl/N-ethyl adjacent to an activating group) is 1. The second-order valence-electron chi connectivity index (χ2n) is 7.08. The molecular formula is C22H29NO4. The lowest BCUT2D eigenvalue weighted by Gasteiger charge is -2.19. The van der Waals surface area contributed by atoms with E-state index in [-0.39, 0.29) is 5.91 Å². The number of carbonyl (C=O) groups excluding carboxylic acids is 1. The maximum atomic E-state index is 12.9. The molecule has 0 N–H and O–H groups in total. The molecule has 0 unspecified atom stereocenters. The van der Waals surface area contributed by atoms with Crippen LogP contribution in [0.2, 0.25) is 0 Å². The van der Waals surface area contributed by atoms with Crippen molar-refractivity contribution in [2.45, 2.75) is 26.6 Å². The smallest absolute Gasteiger partial charge is 0.253 e. The average Bonchev–Trinajstić information content (AvgIpc) is 2.97. The van der Waals surface area contributed by atoms with Crippen LogP contribution in [0.1, 0.15) is 26.3 Å². The van der Waals surface area contributed by atoms with Crippen LogP contribution in [0, 0.1) is 0 Å². The fourth-order valence-corrected chi connectivity index (χ4v) is 2.79. The summed E-state index contributed by atoms with van der Waals surface area (Å²) in [5.74, 6) is -0.114. The molecule has 2 rings (SSSR count). The van der Waals surface area contributed by atoms with Crippen molar-refractivity contribution in [1.82, 2.24) is 4.90 Å². The van der Waals surface area contributed by atoms with Gasteiger partial charge >= 0.3 is 0 Å². The summed E-state index contributed by atoms with van der Waals surface area (Å²) in [4.78, 5) is 14.6. The number of ether oxygens (including phenoxy) is 3. The van der Waals surface area contributed by atoms with Gasteiger partial charge in [0.2, 0.25) is 5.79 Å². The van der Waals surface area contributed by atoms with Crippen LogP contribution in [0.5, 0.6) is 0 Å². The van der Waals surface area contributed by atoms with Crippen LogP contribution in [0.15, 0.2) is 59.4 Å². The van der Waals surface area contributed by atoms with Crippen molar-refractivity contribution in [3.8, 4) is 0 Å². The Hall–Kier alpha value is -2.37. The Morgan fingerprint density at radius 1 is 1.30 bits per heavy atom. The van der Waals surface area contributed by atoms with E-state index in [1.165, 1.54) is 0 Å². The van der Waals surface area contributed by atoms with Crippen molar-refractivity contribution >= 4 is 12.0 Å². The molecule has 1 amide bonds. The molecule has 1 saturated heterocycles. The summed E-state index contributed by atoms with van der Waals surface area (Å²) in [6, 6.07) is 10.1. The van der Waals surface area contributed by atoms with E-state index < -0.39 is 5.79 Å². The maximum absolute atomic E-state index is 12.9. The molecule has 1 fully saturated rings. The highest BCUT2D eigenvalue weighted by atomic mass is 16.7. The zero-order valence-electron chi connectivity index (χ0n) is 16.8.